The van der Waals surface area contributed by atoms with Gasteiger partial charge in [-0.3, -0.25) is 0 Å². The molecule has 0 aliphatic rings. The van der Waals surface area contributed by atoms with Gasteiger partial charge in [0, 0.05) is 18.4 Å². The summed E-state index contributed by atoms with van der Waals surface area (Å²) in [4.78, 5) is 0. The minimum Gasteiger partial charge on any atom is -0.314 e. The van der Waals surface area contributed by atoms with Gasteiger partial charge in [0.25, 0.3) is 0 Å². The standard InChI is InChI=1S/C13H19F2NO2S/c1-3-16-12(6-7-19(2,17)18)8-10-4-5-11(14)9-13(10)15/h4-5,9,12,16H,3,6-8H2,1-2H3. The minimum atomic E-state index is -3.04. The third kappa shape index (κ3) is 6.11. The van der Waals surface area contributed by atoms with Crippen molar-refractivity contribution in [2.75, 3.05) is 18.6 Å². The van der Waals surface area contributed by atoms with Crippen LogP contribution in [0.25, 0.3) is 0 Å². The fourth-order valence-electron chi connectivity index (χ4n) is 1.87. The van der Waals surface area contributed by atoms with E-state index in [4.69, 9.17) is 0 Å². The second-order valence-corrected chi connectivity index (χ2v) is 6.87. The number of halogens is 2. The van der Waals surface area contributed by atoms with Gasteiger partial charge in [0.2, 0.25) is 0 Å². The van der Waals surface area contributed by atoms with Crippen LogP contribution in [0.2, 0.25) is 0 Å². The van der Waals surface area contributed by atoms with Crippen molar-refractivity contribution in [2.45, 2.75) is 25.8 Å². The van der Waals surface area contributed by atoms with Gasteiger partial charge in [-0.25, -0.2) is 17.2 Å². The molecule has 0 saturated heterocycles. The Balaban J connectivity index is 2.72. The van der Waals surface area contributed by atoms with Crippen molar-refractivity contribution in [1.82, 2.24) is 5.32 Å². The number of sulfone groups is 1. The number of rotatable bonds is 7. The highest BCUT2D eigenvalue weighted by Gasteiger charge is 2.14. The van der Waals surface area contributed by atoms with Gasteiger partial charge in [-0.05, 0) is 31.0 Å². The lowest BCUT2D eigenvalue weighted by atomic mass is 10.0. The first kappa shape index (κ1) is 16.0. The molecule has 0 saturated carbocycles. The summed E-state index contributed by atoms with van der Waals surface area (Å²) in [5.41, 5.74) is 0.390. The van der Waals surface area contributed by atoms with Gasteiger partial charge in [-0.1, -0.05) is 13.0 Å². The third-order valence-electron chi connectivity index (χ3n) is 2.81. The summed E-state index contributed by atoms with van der Waals surface area (Å²) in [5, 5.41) is 3.12. The first-order valence-corrected chi connectivity index (χ1v) is 8.23. The molecule has 0 spiro atoms. The Morgan fingerprint density at radius 3 is 2.53 bits per heavy atom. The zero-order chi connectivity index (χ0) is 14.5. The molecule has 3 nitrogen and oxygen atoms in total. The summed E-state index contributed by atoms with van der Waals surface area (Å²) in [6, 6.07) is 3.31. The Morgan fingerprint density at radius 1 is 1.32 bits per heavy atom. The van der Waals surface area contributed by atoms with E-state index in [-0.39, 0.29) is 11.8 Å². The lowest BCUT2D eigenvalue weighted by Crippen LogP contribution is -2.33. The number of benzene rings is 1. The molecule has 108 valence electrons. The van der Waals surface area contributed by atoms with E-state index in [2.05, 4.69) is 5.32 Å². The molecule has 0 aliphatic heterocycles. The average molecular weight is 291 g/mol. The van der Waals surface area contributed by atoms with E-state index in [1.165, 1.54) is 18.4 Å². The summed E-state index contributed by atoms with van der Waals surface area (Å²) >= 11 is 0. The zero-order valence-electron chi connectivity index (χ0n) is 11.1. The van der Waals surface area contributed by atoms with Crippen molar-refractivity contribution in [3.8, 4) is 0 Å². The second-order valence-electron chi connectivity index (χ2n) is 4.61. The Kier molecular flexibility index (Phi) is 5.87. The van der Waals surface area contributed by atoms with Crippen LogP contribution in [0.15, 0.2) is 18.2 Å². The van der Waals surface area contributed by atoms with Crippen LogP contribution >= 0.6 is 0 Å². The Bertz CT molecular complexity index is 517. The van der Waals surface area contributed by atoms with Crippen molar-refractivity contribution in [3.63, 3.8) is 0 Å². The molecule has 1 unspecified atom stereocenters. The number of likely N-dealkylation sites (N-methyl/N-ethyl adjacent to an activating group) is 1. The Morgan fingerprint density at radius 2 is 2.00 bits per heavy atom. The molecule has 19 heavy (non-hydrogen) atoms. The van der Waals surface area contributed by atoms with Crippen LogP contribution < -0.4 is 5.32 Å². The predicted octanol–water partition coefficient (Wildman–Crippen LogP) is 1.92. The highest BCUT2D eigenvalue weighted by molar-refractivity contribution is 7.90. The predicted molar refractivity (Wildman–Crippen MR) is 71.9 cm³/mol. The Labute approximate surface area is 112 Å². The van der Waals surface area contributed by atoms with Crippen LogP contribution in [-0.2, 0) is 16.3 Å². The van der Waals surface area contributed by atoms with Crippen LogP contribution in [0, 0.1) is 11.6 Å². The monoisotopic (exact) mass is 291 g/mol. The van der Waals surface area contributed by atoms with Gasteiger partial charge in [0.15, 0.2) is 0 Å². The maximum Gasteiger partial charge on any atom is 0.147 e. The fourth-order valence-corrected chi connectivity index (χ4v) is 2.59. The van der Waals surface area contributed by atoms with Gasteiger partial charge < -0.3 is 5.32 Å². The molecule has 0 radical (unpaired) electrons. The van der Waals surface area contributed by atoms with Crippen LogP contribution in [0.1, 0.15) is 18.9 Å². The number of hydrogen-bond acceptors (Lipinski definition) is 3. The van der Waals surface area contributed by atoms with Crippen LogP contribution in [0.4, 0.5) is 8.78 Å². The molecule has 0 amide bonds. The Hall–Kier alpha value is -1.01. The molecule has 1 aromatic rings. The van der Waals surface area contributed by atoms with Gasteiger partial charge in [-0.15, -0.1) is 0 Å². The van der Waals surface area contributed by atoms with Crippen molar-refractivity contribution >= 4 is 9.84 Å². The molecule has 1 rings (SSSR count). The third-order valence-corrected chi connectivity index (χ3v) is 3.79. The van der Waals surface area contributed by atoms with Crippen LogP contribution in [0.3, 0.4) is 0 Å². The van der Waals surface area contributed by atoms with E-state index >= 15 is 0 Å². The maximum atomic E-state index is 13.5. The smallest absolute Gasteiger partial charge is 0.147 e. The largest absolute Gasteiger partial charge is 0.314 e. The molecule has 1 atom stereocenters. The molecule has 0 heterocycles. The highest BCUT2D eigenvalue weighted by atomic mass is 32.2. The topological polar surface area (TPSA) is 46.2 Å². The van der Waals surface area contributed by atoms with Crippen molar-refractivity contribution in [1.29, 1.82) is 0 Å². The van der Waals surface area contributed by atoms with Gasteiger partial charge >= 0.3 is 0 Å². The molecule has 0 fully saturated rings. The zero-order valence-corrected chi connectivity index (χ0v) is 11.9. The lowest BCUT2D eigenvalue weighted by molar-refractivity contribution is 0.490. The summed E-state index contributed by atoms with van der Waals surface area (Å²) < 4.78 is 48.6. The molecule has 6 heteroatoms. The highest BCUT2D eigenvalue weighted by Crippen LogP contribution is 2.13. The normalized spacial score (nSPS) is 13.5. The molecule has 1 N–H and O–H groups in total. The number of hydrogen-bond donors (Lipinski definition) is 1. The first-order valence-electron chi connectivity index (χ1n) is 6.17. The summed E-state index contributed by atoms with van der Waals surface area (Å²) in [6.07, 6.45) is 1.92. The van der Waals surface area contributed by atoms with Gasteiger partial charge in [0.05, 0.1) is 5.75 Å². The van der Waals surface area contributed by atoms with Crippen LogP contribution in [0.5, 0.6) is 0 Å². The van der Waals surface area contributed by atoms with E-state index in [9.17, 15) is 17.2 Å². The van der Waals surface area contributed by atoms with Crippen molar-refractivity contribution < 1.29 is 17.2 Å². The molecule has 1 aromatic carbocycles. The van der Waals surface area contributed by atoms with E-state index in [0.717, 1.165) is 6.07 Å². The molecular formula is C13H19F2NO2S. The summed E-state index contributed by atoms with van der Waals surface area (Å²) in [7, 11) is -3.04. The maximum absolute atomic E-state index is 13.5. The molecule has 0 aliphatic carbocycles. The second kappa shape index (κ2) is 6.96. The minimum absolute atomic E-state index is 0.0491. The quantitative estimate of drug-likeness (QED) is 0.835. The molecular weight excluding hydrogens is 272 g/mol. The average Bonchev–Trinajstić information content (AvgIpc) is 2.28. The summed E-state index contributed by atoms with van der Waals surface area (Å²) in [5.74, 6) is -1.16. The SMILES string of the molecule is CCNC(CCS(C)(=O)=O)Cc1ccc(F)cc1F. The summed E-state index contributed by atoms with van der Waals surface area (Å²) in [6.45, 7) is 2.56. The van der Waals surface area contributed by atoms with Crippen molar-refractivity contribution in [2.24, 2.45) is 0 Å². The lowest BCUT2D eigenvalue weighted by Gasteiger charge is -2.17. The molecule has 0 bridgehead atoms. The van der Waals surface area contributed by atoms with Gasteiger partial charge in [-0.2, -0.15) is 0 Å². The number of nitrogens with one attached hydrogen (secondary N) is 1. The van der Waals surface area contributed by atoms with E-state index in [1.807, 2.05) is 6.92 Å². The first-order chi connectivity index (χ1) is 8.81. The van der Waals surface area contributed by atoms with E-state index in [1.54, 1.807) is 0 Å². The van der Waals surface area contributed by atoms with E-state index in [0.29, 0.717) is 24.9 Å². The van der Waals surface area contributed by atoms with Crippen LogP contribution in [-0.4, -0.2) is 33.0 Å². The fraction of sp³-hybridized carbons (Fsp3) is 0.538. The van der Waals surface area contributed by atoms with Crippen molar-refractivity contribution in [3.05, 3.63) is 35.4 Å². The molecule has 0 aromatic heterocycles. The van der Waals surface area contributed by atoms with E-state index < -0.39 is 21.5 Å². The van der Waals surface area contributed by atoms with Gasteiger partial charge in [0.1, 0.15) is 21.5 Å².